The number of nitrogens with one attached hydrogen (secondary N) is 2. The van der Waals surface area contributed by atoms with E-state index < -0.39 is 47.6 Å². The molecule has 0 radical (unpaired) electrons. The lowest BCUT2D eigenvalue weighted by Crippen LogP contribution is -2.34. The number of halogens is 3. The summed E-state index contributed by atoms with van der Waals surface area (Å²) in [7, 11) is 0. The molecule has 1 atom stereocenters. The minimum atomic E-state index is -0.871. The number of carbonyl (C=O) groups is 3. The summed E-state index contributed by atoms with van der Waals surface area (Å²) in [5.41, 5.74) is 0.133. The van der Waals surface area contributed by atoms with Gasteiger partial charge in [0.1, 0.15) is 11.6 Å². The molecule has 2 aromatic rings. The van der Waals surface area contributed by atoms with Crippen molar-refractivity contribution in [1.82, 2.24) is 10.6 Å². The van der Waals surface area contributed by atoms with Crippen LogP contribution in [0.2, 0.25) is 15.1 Å². The number of esters is 1. The highest BCUT2D eigenvalue weighted by Crippen LogP contribution is 2.26. The van der Waals surface area contributed by atoms with Crippen molar-refractivity contribution < 1.29 is 24.0 Å². The second kappa shape index (κ2) is 10.9. The summed E-state index contributed by atoms with van der Waals surface area (Å²) in [6.07, 6.45) is 0. The van der Waals surface area contributed by atoms with Crippen LogP contribution < -0.4 is 10.6 Å². The summed E-state index contributed by atoms with van der Waals surface area (Å²) in [4.78, 5) is 45.9. The highest BCUT2D eigenvalue weighted by molar-refractivity contribution is 6.35. The van der Waals surface area contributed by atoms with E-state index in [4.69, 9.17) is 39.5 Å². The molecule has 0 aliphatic carbocycles. The average molecular weight is 489 g/mol. The van der Waals surface area contributed by atoms with Crippen LogP contribution >= 0.6 is 34.8 Å². The molecule has 1 unspecified atom stereocenters. The third kappa shape index (κ3) is 7.09. The molecule has 0 saturated heterocycles. The number of rotatable bonds is 8. The normalized spacial score (nSPS) is 11.4. The molecule has 0 aromatic heterocycles. The van der Waals surface area contributed by atoms with E-state index in [0.29, 0.717) is 15.6 Å². The lowest BCUT2D eigenvalue weighted by atomic mass is 10.1. The van der Waals surface area contributed by atoms with Gasteiger partial charge in [-0.3, -0.25) is 24.5 Å². The Morgan fingerprint density at radius 3 is 2.45 bits per heavy atom. The van der Waals surface area contributed by atoms with Gasteiger partial charge in [-0.15, -0.1) is 0 Å². The SMILES string of the molecule is CC(NC(=O)COC(=O)CNC(=O)c1ccc(Cl)c([N+](=O)[O-])c1)c1ccc(Cl)cc1Cl. The Kier molecular flexibility index (Phi) is 8.61. The van der Waals surface area contributed by atoms with Crippen LogP contribution in [0, 0.1) is 10.1 Å². The fraction of sp³-hybridized carbons (Fsp3) is 0.211. The van der Waals surface area contributed by atoms with Gasteiger partial charge in [-0.1, -0.05) is 40.9 Å². The molecule has 0 heterocycles. The molecular weight excluding hydrogens is 473 g/mol. The van der Waals surface area contributed by atoms with E-state index in [0.717, 1.165) is 6.07 Å². The largest absolute Gasteiger partial charge is 0.454 e. The number of nitrogens with zero attached hydrogens (tertiary/aromatic N) is 1. The molecule has 0 bridgehead atoms. The van der Waals surface area contributed by atoms with Crippen molar-refractivity contribution in [3.8, 4) is 0 Å². The standard InChI is InChI=1S/C19H16Cl3N3O6/c1-10(13-4-3-12(20)7-15(13)22)24-17(26)9-31-18(27)8-23-19(28)11-2-5-14(21)16(6-11)25(29)30/h2-7,10H,8-9H2,1H3,(H,23,28)(H,24,26). The quantitative estimate of drug-likeness (QED) is 0.331. The zero-order chi connectivity index (χ0) is 23.1. The van der Waals surface area contributed by atoms with Crippen LogP contribution in [-0.2, 0) is 14.3 Å². The second-order valence-electron chi connectivity index (χ2n) is 6.22. The number of ether oxygens (including phenoxy) is 1. The maximum Gasteiger partial charge on any atom is 0.325 e. The predicted octanol–water partition coefficient (Wildman–Crippen LogP) is 3.71. The molecule has 164 valence electrons. The zero-order valence-corrected chi connectivity index (χ0v) is 18.3. The zero-order valence-electron chi connectivity index (χ0n) is 16.0. The first-order valence-electron chi connectivity index (χ1n) is 8.70. The molecule has 9 nitrogen and oxygen atoms in total. The third-order valence-electron chi connectivity index (χ3n) is 3.97. The van der Waals surface area contributed by atoms with Crippen LogP contribution in [0.5, 0.6) is 0 Å². The Morgan fingerprint density at radius 2 is 1.81 bits per heavy atom. The Hall–Kier alpha value is -2.88. The smallest absolute Gasteiger partial charge is 0.325 e. The first-order valence-corrected chi connectivity index (χ1v) is 9.84. The molecule has 31 heavy (non-hydrogen) atoms. The van der Waals surface area contributed by atoms with Gasteiger partial charge in [0.2, 0.25) is 0 Å². The van der Waals surface area contributed by atoms with Crippen LogP contribution in [0.3, 0.4) is 0 Å². The molecule has 0 saturated carbocycles. The van der Waals surface area contributed by atoms with Gasteiger partial charge in [0.15, 0.2) is 6.61 Å². The predicted molar refractivity (Wildman–Crippen MR) is 114 cm³/mol. The second-order valence-corrected chi connectivity index (χ2v) is 7.47. The topological polar surface area (TPSA) is 128 Å². The number of amides is 2. The number of carbonyl (C=O) groups excluding carboxylic acids is 3. The molecule has 0 aliphatic rings. The van der Waals surface area contributed by atoms with Crippen LogP contribution in [-0.4, -0.2) is 35.9 Å². The van der Waals surface area contributed by atoms with E-state index in [1.807, 2.05) is 0 Å². The van der Waals surface area contributed by atoms with Gasteiger partial charge in [-0.05, 0) is 36.8 Å². The number of nitro groups is 1. The Labute approximate surface area is 191 Å². The maximum absolute atomic E-state index is 12.0. The fourth-order valence-corrected chi connectivity index (χ4v) is 3.22. The van der Waals surface area contributed by atoms with Crippen molar-refractivity contribution in [2.24, 2.45) is 0 Å². The summed E-state index contributed by atoms with van der Waals surface area (Å²) < 4.78 is 4.81. The summed E-state index contributed by atoms with van der Waals surface area (Å²) in [6.45, 7) is 0.581. The van der Waals surface area contributed by atoms with Crippen LogP contribution in [0.15, 0.2) is 36.4 Å². The first kappa shape index (κ1) is 24.4. The number of nitro benzene ring substituents is 1. The van der Waals surface area contributed by atoms with E-state index >= 15 is 0 Å². The Bertz CT molecular complexity index is 1030. The lowest BCUT2D eigenvalue weighted by molar-refractivity contribution is -0.384. The summed E-state index contributed by atoms with van der Waals surface area (Å²) in [5, 5.41) is 16.4. The first-order chi connectivity index (χ1) is 14.6. The minimum Gasteiger partial charge on any atom is -0.454 e. The van der Waals surface area contributed by atoms with Crippen molar-refractivity contribution in [3.05, 3.63) is 72.7 Å². The monoisotopic (exact) mass is 487 g/mol. The van der Waals surface area contributed by atoms with E-state index in [1.54, 1.807) is 25.1 Å². The van der Waals surface area contributed by atoms with Crippen molar-refractivity contribution in [1.29, 1.82) is 0 Å². The van der Waals surface area contributed by atoms with Gasteiger partial charge in [-0.2, -0.15) is 0 Å². The van der Waals surface area contributed by atoms with Crippen LogP contribution in [0.25, 0.3) is 0 Å². The van der Waals surface area contributed by atoms with Gasteiger partial charge in [0.25, 0.3) is 17.5 Å². The van der Waals surface area contributed by atoms with E-state index in [9.17, 15) is 24.5 Å². The highest BCUT2D eigenvalue weighted by Gasteiger charge is 2.18. The molecule has 2 amide bonds. The van der Waals surface area contributed by atoms with Gasteiger partial charge in [0.05, 0.1) is 11.0 Å². The van der Waals surface area contributed by atoms with Crippen molar-refractivity contribution in [2.75, 3.05) is 13.2 Å². The molecule has 12 heteroatoms. The van der Waals surface area contributed by atoms with Crippen LogP contribution in [0.1, 0.15) is 28.9 Å². The molecule has 2 N–H and O–H groups in total. The average Bonchev–Trinajstić information content (AvgIpc) is 2.70. The van der Waals surface area contributed by atoms with Gasteiger partial charge in [0, 0.05) is 21.7 Å². The molecule has 0 aliphatic heterocycles. The molecule has 2 rings (SSSR count). The third-order valence-corrected chi connectivity index (χ3v) is 4.85. The minimum absolute atomic E-state index is 0.0599. The van der Waals surface area contributed by atoms with E-state index in [2.05, 4.69) is 10.6 Å². The Balaban J connectivity index is 1.81. The van der Waals surface area contributed by atoms with Crippen LogP contribution in [0.4, 0.5) is 5.69 Å². The molecule has 2 aromatic carbocycles. The van der Waals surface area contributed by atoms with Crippen molar-refractivity contribution >= 4 is 58.3 Å². The molecule has 0 spiro atoms. The Morgan fingerprint density at radius 1 is 1.10 bits per heavy atom. The van der Waals surface area contributed by atoms with Gasteiger partial charge < -0.3 is 15.4 Å². The fourth-order valence-electron chi connectivity index (χ4n) is 2.46. The van der Waals surface area contributed by atoms with Crippen molar-refractivity contribution in [3.63, 3.8) is 0 Å². The van der Waals surface area contributed by atoms with E-state index in [1.165, 1.54) is 12.1 Å². The molecular formula is C19H16Cl3N3O6. The molecule has 0 fully saturated rings. The lowest BCUT2D eigenvalue weighted by Gasteiger charge is -2.16. The highest BCUT2D eigenvalue weighted by atomic mass is 35.5. The van der Waals surface area contributed by atoms with Gasteiger partial charge >= 0.3 is 5.97 Å². The maximum atomic E-state index is 12.0. The number of hydrogen-bond donors (Lipinski definition) is 2. The number of benzene rings is 2. The number of hydrogen-bond acceptors (Lipinski definition) is 6. The summed E-state index contributed by atoms with van der Waals surface area (Å²) >= 11 is 17.6. The van der Waals surface area contributed by atoms with Crippen molar-refractivity contribution in [2.45, 2.75) is 13.0 Å². The summed E-state index contributed by atoms with van der Waals surface area (Å²) in [5.74, 6) is -2.19. The summed E-state index contributed by atoms with van der Waals surface area (Å²) in [6, 6.07) is 7.83. The van der Waals surface area contributed by atoms with Gasteiger partial charge in [-0.25, -0.2) is 0 Å². The van der Waals surface area contributed by atoms with E-state index in [-0.39, 0.29) is 10.6 Å².